The minimum atomic E-state index is -0.802. The maximum Gasteiger partial charge on any atom is 0.306 e. The fraction of sp³-hybridized carbons (Fsp3) is 0.656. The van der Waals surface area contributed by atoms with E-state index in [1.807, 2.05) is 0 Å². The molecule has 0 bridgehead atoms. The first-order valence-electron chi connectivity index (χ1n) is 27.4. The van der Waals surface area contributed by atoms with E-state index in [9.17, 15) is 14.4 Å². The van der Waals surface area contributed by atoms with E-state index < -0.39 is 6.10 Å². The number of allylic oxidation sites excluding steroid dienone is 18. The van der Waals surface area contributed by atoms with Crippen molar-refractivity contribution < 1.29 is 28.6 Å². The van der Waals surface area contributed by atoms with E-state index in [1.165, 1.54) is 51.4 Å². The zero-order valence-corrected chi connectivity index (χ0v) is 43.4. The summed E-state index contributed by atoms with van der Waals surface area (Å²) in [6.07, 6.45) is 73.5. The number of hydrogen-bond acceptors (Lipinski definition) is 6. The van der Waals surface area contributed by atoms with Crippen molar-refractivity contribution in [1.82, 2.24) is 0 Å². The van der Waals surface area contributed by atoms with Gasteiger partial charge in [-0.2, -0.15) is 0 Å². The van der Waals surface area contributed by atoms with Gasteiger partial charge >= 0.3 is 17.9 Å². The van der Waals surface area contributed by atoms with Gasteiger partial charge in [-0.15, -0.1) is 0 Å². The molecule has 0 saturated carbocycles. The van der Waals surface area contributed by atoms with Crippen LogP contribution in [0.5, 0.6) is 0 Å². The summed E-state index contributed by atoms with van der Waals surface area (Å²) in [6.45, 7) is 6.35. The molecule has 0 aliphatic rings. The normalized spacial score (nSPS) is 12.9. The first-order valence-corrected chi connectivity index (χ1v) is 27.4. The van der Waals surface area contributed by atoms with E-state index in [-0.39, 0.29) is 31.1 Å². The Kier molecular flexibility index (Phi) is 51.5. The third kappa shape index (κ3) is 52.9. The molecule has 0 fully saturated rings. The van der Waals surface area contributed by atoms with Crippen molar-refractivity contribution in [3.8, 4) is 0 Å². The molecule has 0 aliphatic carbocycles. The molecule has 0 heterocycles. The zero-order chi connectivity index (χ0) is 48.6. The van der Waals surface area contributed by atoms with Crippen molar-refractivity contribution in [2.45, 2.75) is 245 Å². The quantitative estimate of drug-likeness (QED) is 0.0262. The van der Waals surface area contributed by atoms with Gasteiger partial charge in [0.25, 0.3) is 0 Å². The lowest BCUT2D eigenvalue weighted by Crippen LogP contribution is -2.30. The molecule has 380 valence electrons. The number of carbonyl (C=O) groups excluding carboxylic acids is 3. The molecule has 0 aromatic carbocycles. The van der Waals surface area contributed by atoms with E-state index in [4.69, 9.17) is 14.2 Å². The molecule has 0 spiro atoms. The first-order chi connectivity index (χ1) is 33.0. The summed E-state index contributed by atoms with van der Waals surface area (Å²) in [6, 6.07) is 0. The Hall–Kier alpha value is -3.93. The molecule has 1 atom stereocenters. The summed E-state index contributed by atoms with van der Waals surface area (Å²) in [5.41, 5.74) is 0. The smallest absolute Gasteiger partial charge is 0.306 e. The number of ether oxygens (including phenoxy) is 3. The van der Waals surface area contributed by atoms with E-state index >= 15 is 0 Å². The molecule has 6 nitrogen and oxygen atoms in total. The Morgan fingerprint density at radius 2 is 0.582 bits per heavy atom. The Morgan fingerprint density at radius 3 is 0.925 bits per heavy atom. The minimum Gasteiger partial charge on any atom is -0.462 e. The van der Waals surface area contributed by atoms with E-state index in [0.29, 0.717) is 19.3 Å². The van der Waals surface area contributed by atoms with Crippen LogP contribution in [-0.2, 0) is 28.6 Å². The zero-order valence-electron chi connectivity index (χ0n) is 43.4. The number of rotatable bonds is 48. The maximum atomic E-state index is 12.8. The molecule has 0 aromatic rings. The van der Waals surface area contributed by atoms with Crippen LogP contribution in [-0.4, -0.2) is 37.2 Å². The highest BCUT2D eigenvalue weighted by Gasteiger charge is 2.19. The standard InChI is InChI=1S/C61H100O6/c1-4-7-10-13-16-19-22-25-27-29-30-32-33-36-39-42-45-48-51-54-60(63)66-57-58(56-65-59(62)53-50-47-44-41-38-35-24-21-18-15-12-9-6-3)67-61(64)55-52-49-46-43-40-37-34-31-28-26-23-20-17-14-11-8-5-2/h7-8,10-11,16-17,19-21,24-28,30,32,34,37,58H,4-6,9,12-15,18,22-23,29,31,33,35-36,38-57H2,1-3H3/b10-7-,11-8-,19-16-,20-17-,24-21-,27-25-,28-26-,32-30-,37-34-. The predicted molar refractivity (Wildman–Crippen MR) is 288 cm³/mol. The summed E-state index contributed by atoms with van der Waals surface area (Å²) in [5, 5.41) is 0. The van der Waals surface area contributed by atoms with Crippen LogP contribution < -0.4 is 0 Å². The third-order valence-electron chi connectivity index (χ3n) is 11.2. The lowest BCUT2D eigenvalue weighted by atomic mass is 10.1. The lowest BCUT2D eigenvalue weighted by molar-refractivity contribution is -0.167. The first kappa shape index (κ1) is 63.1. The Morgan fingerprint density at radius 1 is 0.313 bits per heavy atom. The van der Waals surface area contributed by atoms with Crippen LogP contribution in [0.2, 0.25) is 0 Å². The summed E-state index contributed by atoms with van der Waals surface area (Å²) in [7, 11) is 0. The molecule has 1 unspecified atom stereocenters. The molecule has 0 amide bonds. The second-order valence-corrected chi connectivity index (χ2v) is 17.7. The van der Waals surface area contributed by atoms with Gasteiger partial charge in [0, 0.05) is 19.3 Å². The number of hydrogen-bond donors (Lipinski definition) is 0. The number of carbonyl (C=O) groups is 3. The second kappa shape index (κ2) is 54.7. The SMILES string of the molecule is CC/C=C\C/C=C\C/C=C\C/C=C\CCCCCCCCC(=O)OCC(COC(=O)CCCCCCC/C=C\CCCCCC)OC(=O)CCCCCC/C=C\C/C=C\C/C=C\C/C=C\CC. The molecule has 0 rings (SSSR count). The van der Waals surface area contributed by atoms with E-state index in [2.05, 4.69) is 130 Å². The lowest BCUT2D eigenvalue weighted by Gasteiger charge is -2.18. The van der Waals surface area contributed by atoms with Crippen LogP contribution >= 0.6 is 0 Å². The van der Waals surface area contributed by atoms with Crippen LogP contribution in [0.25, 0.3) is 0 Å². The van der Waals surface area contributed by atoms with Crippen LogP contribution in [0.4, 0.5) is 0 Å². The van der Waals surface area contributed by atoms with Crippen molar-refractivity contribution in [3.05, 3.63) is 109 Å². The van der Waals surface area contributed by atoms with Crippen LogP contribution in [0, 0.1) is 0 Å². The molecular formula is C61H100O6. The topological polar surface area (TPSA) is 78.9 Å². The highest BCUT2D eigenvalue weighted by Crippen LogP contribution is 2.13. The van der Waals surface area contributed by atoms with Crippen molar-refractivity contribution in [2.75, 3.05) is 13.2 Å². The number of unbranched alkanes of at least 4 members (excludes halogenated alkanes) is 19. The summed E-state index contributed by atoms with van der Waals surface area (Å²) < 4.78 is 16.8. The van der Waals surface area contributed by atoms with E-state index in [1.54, 1.807) is 0 Å². The highest BCUT2D eigenvalue weighted by atomic mass is 16.6. The summed E-state index contributed by atoms with van der Waals surface area (Å²) in [5.74, 6) is -0.947. The average molecular weight is 929 g/mol. The average Bonchev–Trinajstić information content (AvgIpc) is 3.33. The van der Waals surface area contributed by atoms with Crippen molar-refractivity contribution in [2.24, 2.45) is 0 Å². The molecule has 67 heavy (non-hydrogen) atoms. The molecule has 0 saturated heterocycles. The van der Waals surface area contributed by atoms with Crippen LogP contribution in [0.15, 0.2) is 109 Å². The monoisotopic (exact) mass is 929 g/mol. The largest absolute Gasteiger partial charge is 0.462 e. The van der Waals surface area contributed by atoms with E-state index in [0.717, 1.165) is 148 Å². The van der Waals surface area contributed by atoms with Gasteiger partial charge in [0.15, 0.2) is 6.10 Å². The molecular weight excluding hydrogens is 829 g/mol. The van der Waals surface area contributed by atoms with Gasteiger partial charge in [0.05, 0.1) is 0 Å². The highest BCUT2D eigenvalue weighted by molar-refractivity contribution is 5.71. The van der Waals surface area contributed by atoms with Gasteiger partial charge in [0.2, 0.25) is 0 Å². The van der Waals surface area contributed by atoms with Crippen molar-refractivity contribution >= 4 is 17.9 Å². The molecule has 0 aromatic heterocycles. The second-order valence-electron chi connectivity index (χ2n) is 17.7. The van der Waals surface area contributed by atoms with Crippen molar-refractivity contribution in [1.29, 1.82) is 0 Å². The molecule has 6 heteroatoms. The minimum absolute atomic E-state index is 0.0988. The predicted octanol–water partition coefficient (Wildman–Crippen LogP) is 18.3. The van der Waals surface area contributed by atoms with Gasteiger partial charge in [-0.3, -0.25) is 14.4 Å². The van der Waals surface area contributed by atoms with Gasteiger partial charge in [0.1, 0.15) is 13.2 Å². The fourth-order valence-corrected chi connectivity index (χ4v) is 7.18. The molecule has 0 N–H and O–H groups in total. The van der Waals surface area contributed by atoms with Gasteiger partial charge in [-0.25, -0.2) is 0 Å². The Labute approximate surface area is 412 Å². The Balaban J connectivity index is 4.47. The maximum absolute atomic E-state index is 12.8. The van der Waals surface area contributed by atoms with Crippen LogP contribution in [0.3, 0.4) is 0 Å². The summed E-state index contributed by atoms with van der Waals surface area (Å²) in [4.78, 5) is 38.1. The fourth-order valence-electron chi connectivity index (χ4n) is 7.18. The summed E-state index contributed by atoms with van der Waals surface area (Å²) >= 11 is 0. The van der Waals surface area contributed by atoms with Crippen LogP contribution in [0.1, 0.15) is 239 Å². The van der Waals surface area contributed by atoms with Gasteiger partial charge in [-0.1, -0.05) is 207 Å². The molecule has 0 radical (unpaired) electrons. The van der Waals surface area contributed by atoms with Gasteiger partial charge < -0.3 is 14.2 Å². The van der Waals surface area contributed by atoms with Gasteiger partial charge in [-0.05, 0) is 122 Å². The Bertz CT molecular complexity index is 1390. The molecule has 0 aliphatic heterocycles. The van der Waals surface area contributed by atoms with Crippen molar-refractivity contribution in [3.63, 3.8) is 0 Å². The third-order valence-corrected chi connectivity index (χ3v) is 11.2. The number of esters is 3.